The highest BCUT2D eigenvalue weighted by molar-refractivity contribution is 7.88. The van der Waals surface area contributed by atoms with Gasteiger partial charge in [0.2, 0.25) is 10.0 Å². The van der Waals surface area contributed by atoms with Crippen LogP contribution in [0.2, 0.25) is 5.02 Å². The van der Waals surface area contributed by atoms with E-state index in [0.29, 0.717) is 18.1 Å². The van der Waals surface area contributed by atoms with Crippen LogP contribution in [-0.2, 0) is 16.6 Å². The third-order valence-electron chi connectivity index (χ3n) is 3.09. The lowest BCUT2D eigenvalue weighted by Gasteiger charge is -2.25. The topological polar surface area (TPSA) is 71.1 Å². The van der Waals surface area contributed by atoms with Crippen LogP contribution in [0.15, 0.2) is 30.5 Å². The molecular formula is C15H20ClN3O2S. The van der Waals surface area contributed by atoms with E-state index in [0.717, 1.165) is 22.7 Å². The molecule has 0 amide bonds. The van der Waals surface area contributed by atoms with E-state index in [2.05, 4.69) is 15.0 Å². The van der Waals surface area contributed by atoms with Crippen molar-refractivity contribution in [3.63, 3.8) is 0 Å². The van der Waals surface area contributed by atoms with Crippen molar-refractivity contribution in [3.8, 4) is 0 Å². The van der Waals surface area contributed by atoms with E-state index in [1.165, 1.54) is 0 Å². The number of benzene rings is 1. The summed E-state index contributed by atoms with van der Waals surface area (Å²) in [6, 6.07) is 7.59. The number of hydrogen-bond acceptors (Lipinski definition) is 4. The molecule has 0 bridgehead atoms. The standard InChI is InChI=1S/C15H20ClN3O2S/c1-15(2,19-22(3,20)21)10-17-9-12-8-13(16)7-11-5-4-6-18-14(11)12/h4-8,17,19H,9-10H2,1-3H3. The minimum atomic E-state index is -3.24. The highest BCUT2D eigenvalue weighted by Gasteiger charge is 2.21. The van der Waals surface area contributed by atoms with E-state index in [-0.39, 0.29) is 0 Å². The predicted molar refractivity (Wildman–Crippen MR) is 90.5 cm³/mol. The minimum Gasteiger partial charge on any atom is -0.311 e. The molecule has 1 aromatic heterocycles. The van der Waals surface area contributed by atoms with Gasteiger partial charge in [-0.1, -0.05) is 17.7 Å². The summed E-state index contributed by atoms with van der Waals surface area (Å²) < 4.78 is 25.3. The third kappa shape index (κ3) is 4.91. The Labute approximate surface area is 136 Å². The van der Waals surface area contributed by atoms with Crippen molar-refractivity contribution in [3.05, 3.63) is 41.0 Å². The van der Waals surface area contributed by atoms with E-state index in [1.807, 2.05) is 38.1 Å². The normalized spacial score (nSPS) is 12.7. The number of nitrogens with one attached hydrogen (secondary N) is 2. The van der Waals surface area contributed by atoms with Crippen molar-refractivity contribution in [2.24, 2.45) is 0 Å². The summed E-state index contributed by atoms with van der Waals surface area (Å²) in [5, 5.41) is 4.90. The molecule has 0 saturated heterocycles. The van der Waals surface area contributed by atoms with Crippen molar-refractivity contribution < 1.29 is 8.42 Å². The maximum atomic E-state index is 11.3. The fourth-order valence-electron chi connectivity index (χ4n) is 2.41. The lowest BCUT2D eigenvalue weighted by Crippen LogP contribution is -2.49. The average molecular weight is 342 g/mol. The number of fused-ring (bicyclic) bond motifs is 1. The lowest BCUT2D eigenvalue weighted by molar-refractivity contribution is 0.421. The van der Waals surface area contributed by atoms with Crippen LogP contribution in [-0.4, -0.2) is 31.7 Å². The third-order valence-corrected chi connectivity index (χ3v) is 4.23. The molecule has 0 fully saturated rings. The van der Waals surface area contributed by atoms with Crippen LogP contribution in [0.1, 0.15) is 19.4 Å². The van der Waals surface area contributed by atoms with Crippen LogP contribution in [0.3, 0.4) is 0 Å². The summed E-state index contributed by atoms with van der Waals surface area (Å²) >= 11 is 6.13. The van der Waals surface area contributed by atoms with Crippen molar-refractivity contribution in [2.45, 2.75) is 25.9 Å². The van der Waals surface area contributed by atoms with Crippen LogP contribution in [0.5, 0.6) is 0 Å². The second kappa shape index (κ2) is 6.50. The molecular weight excluding hydrogens is 322 g/mol. The number of hydrogen-bond donors (Lipinski definition) is 2. The summed E-state index contributed by atoms with van der Waals surface area (Å²) in [6.07, 6.45) is 2.90. The van der Waals surface area contributed by atoms with Gasteiger partial charge in [-0.25, -0.2) is 13.1 Å². The van der Waals surface area contributed by atoms with Gasteiger partial charge in [0, 0.05) is 35.2 Å². The molecule has 2 rings (SSSR count). The van der Waals surface area contributed by atoms with Gasteiger partial charge in [-0.2, -0.15) is 0 Å². The molecule has 0 spiro atoms. The number of rotatable bonds is 6. The first-order valence-electron chi connectivity index (χ1n) is 6.89. The number of sulfonamides is 1. The molecule has 0 aliphatic rings. The quantitative estimate of drug-likeness (QED) is 0.845. The van der Waals surface area contributed by atoms with Crippen LogP contribution >= 0.6 is 11.6 Å². The molecule has 0 radical (unpaired) electrons. The maximum Gasteiger partial charge on any atom is 0.209 e. The zero-order valence-corrected chi connectivity index (χ0v) is 14.4. The minimum absolute atomic E-state index is 0.487. The maximum absolute atomic E-state index is 11.3. The lowest BCUT2D eigenvalue weighted by atomic mass is 10.1. The SMILES string of the molecule is CC(C)(CNCc1cc(Cl)cc2cccnc12)NS(C)(=O)=O. The van der Waals surface area contributed by atoms with Gasteiger partial charge in [0.15, 0.2) is 0 Å². The highest BCUT2D eigenvalue weighted by Crippen LogP contribution is 2.22. The fraction of sp³-hybridized carbons (Fsp3) is 0.400. The van der Waals surface area contributed by atoms with E-state index >= 15 is 0 Å². The smallest absolute Gasteiger partial charge is 0.209 e. The van der Waals surface area contributed by atoms with E-state index in [4.69, 9.17) is 11.6 Å². The monoisotopic (exact) mass is 341 g/mol. The van der Waals surface area contributed by atoms with E-state index in [1.54, 1.807) is 6.20 Å². The van der Waals surface area contributed by atoms with Crippen molar-refractivity contribution in [2.75, 3.05) is 12.8 Å². The summed E-state index contributed by atoms with van der Waals surface area (Å²) in [5.41, 5.74) is 1.31. The largest absolute Gasteiger partial charge is 0.311 e. The average Bonchev–Trinajstić information content (AvgIpc) is 2.35. The Morgan fingerprint density at radius 2 is 2.05 bits per heavy atom. The van der Waals surface area contributed by atoms with Crippen molar-refractivity contribution in [1.82, 2.24) is 15.0 Å². The summed E-state index contributed by atoms with van der Waals surface area (Å²) in [4.78, 5) is 4.39. The van der Waals surface area contributed by atoms with Gasteiger partial charge in [-0.3, -0.25) is 4.98 Å². The summed E-state index contributed by atoms with van der Waals surface area (Å²) in [6.45, 7) is 4.70. The first-order chi connectivity index (χ1) is 10.2. The Morgan fingerprint density at radius 3 is 2.73 bits per heavy atom. The Bertz CT molecular complexity index is 775. The highest BCUT2D eigenvalue weighted by atomic mass is 35.5. The van der Waals surface area contributed by atoms with Crippen LogP contribution in [0, 0.1) is 0 Å². The number of pyridine rings is 1. The van der Waals surface area contributed by atoms with Gasteiger partial charge in [0.25, 0.3) is 0 Å². The van der Waals surface area contributed by atoms with Gasteiger partial charge in [0.1, 0.15) is 0 Å². The molecule has 0 unspecified atom stereocenters. The molecule has 0 atom stereocenters. The molecule has 2 N–H and O–H groups in total. The van der Waals surface area contributed by atoms with E-state index in [9.17, 15) is 8.42 Å². The number of nitrogens with zero attached hydrogens (tertiary/aromatic N) is 1. The number of aromatic nitrogens is 1. The van der Waals surface area contributed by atoms with Gasteiger partial charge < -0.3 is 5.32 Å². The Balaban J connectivity index is 2.09. The van der Waals surface area contributed by atoms with Crippen LogP contribution < -0.4 is 10.0 Å². The fourth-order valence-corrected chi connectivity index (χ4v) is 3.74. The van der Waals surface area contributed by atoms with Gasteiger partial charge in [-0.05, 0) is 37.6 Å². The Morgan fingerprint density at radius 1 is 1.32 bits per heavy atom. The van der Waals surface area contributed by atoms with Crippen LogP contribution in [0.25, 0.3) is 10.9 Å². The zero-order chi connectivity index (χ0) is 16.4. The molecule has 22 heavy (non-hydrogen) atoms. The van der Waals surface area contributed by atoms with Gasteiger partial charge >= 0.3 is 0 Å². The molecule has 7 heteroatoms. The molecule has 1 heterocycles. The van der Waals surface area contributed by atoms with E-state index < -0.39 is 15.6 Å². The Hall–Kier alpha value is -1.21. The van der Waals surface area contributed by atoms with Crippen LogP contribution in [0.4, 0.5) is 0 Å². The van der Waals surface area contributed by atoms with Crippen molar-refractivity contribution in [1.29, 1.82) is 0 Å². The van der Waals surface area contributed by atoms with Gasteiger partial charge in [-0.15, -0.1) is 0 Å². The second-order valence-electron chi connectivity index (χ2n) is 6.00. The first-order valence-corrected chi connectivity index (χ1v) is 9.16. The molecule has 0 saturated carbocycles. The first kappa shape index (κ1) is 17.1. The molecule has 5 nitrogen and oxygen atoms in total. The molecule has 2 aromatic rings. The predicted octanol–water partition coefficient (Wildman–Crippen LogP) is 2.31. The molecule has 1 aromatic carbocycles. The molecule has 0 aliphatic heterocycles. The summed E-state index contributed by atoms with van der Waals surface area (Å²) in [7, 11) is -3.24. The van der Waals surface area contributed by atoms with Gasteiger partial charge in [0.05, 0.1) is 11.8 Å². The van der Waals surface area contributed by atoms with Crippen molar-refractivity contribution >= 4 is 32.5 Å². The molecule has 120 valence electrons. The second-order valence-corrected chi connectivity index (χ2v) is 8.19. The molecule has 0 aliphatic carbocycles. The zero-order valence-electron chi connectivity index (χ0n) is 12.9. The Kier molecular flexibility index (Phi) is 5.07. The summed E-state index contributed by atoms with van der Waals surface area (Å²) in [5.74, 6) is 0. The number of halogens is 1.